The first-order chi connectivity index (χ1) is 16.6. The van der Waals surface area contributed by atoms with Crippen LogP contribution in [0.5, 0.6) is 5.75 Å². The molecule has 0 saturated carbocycles. The van der Waals surface area contributed by atoms with Crippen molar-refractivity contribution in [1.29, 1.82) is 0 Å². The molecule has 188 valence electrons. The molecule has 1 aromatic heterocycles. The Hall–Kier alpha value is -2.51. The highest BCUT2D eigenvalue weighted by molar-refractivity contribution is 5.85. The highest BCUT2D eigenvalue weighted by Crippen LogP contribution is 2.43. The van der Waals surface area contributed by atoms with Crippen LogP contribution < -0.4 is 4.74 Å². The van der Waals surface area contributed by atoms with Crippen molar-refractivity contribution in [1.82, 2.24) is 14.8 Å². The maximum Gasteiger partial charge on any atom is 0.135 e. The summed E-state index contributed by atoms with van der Waals surface area (Å²) >= 11 is 0. The number of likely N-dealkylation sites (tertiary alicyclic amines) is 1. The summed E-state index contributed by atoms with van der Waals surface area (Å²) in [5, 5.41) is 1.04. The largest absolute Gasteiger partial charge is 0.488 e. The zero-order chi connectivity index (χ0) is 24.9. The van der Waals surface area contributed by atoms with Gasteiger partial charge in [-0.25, -0.2) is 13.2 Å². The van der Waals surface area contributed by atoms with Gasteiger partial charge in [-0.3, -0.25) is 9.80 Å². The van der Waals surface area contributed by atoms with E-state index in [-0.39, 0.29) is 30.0 Å². The lowest BCUT2D eigenvalue weighted by molar-refractivity contribution is 0.0197. The van der Waals surface area contributed by atoms with Gasteiger partial charge < -0.3 is 9.72 Å². The van der Waals surface area contributed by atoms with Crippen molar-refractivity contribution in [3.63, 3.8) is 0 Å². The van der Waals surface area contributed by atoms with Crippen LogP contribution in [0.25, 0.3) is 10.9 Å². The van der Waals surface area contributed by atoms with Crippen molar-refractivity contribution >= 4 is 10.9 Å². The van der Waals surface area contributed by atoms with Crippen LogP contribution in [-0.2, 0) is 6.42 Å². The van der Waals surface area contributed by atoms with E-state index in [0.717, 1.165) is 48.2 Å². The first kappa shape index (κ1) is 24.2. The fraction of sp³-hybridized carbons (Fsp3) is 0.500. The highest BCUT2D eigenvalue weighted by Gasteiger charge is 2.41. The topological polar surface area (TPSA) is 31.5 Å². The number of fused-ring (bicyclic) bond motifs is 3. The maximum absolute atomic E-state index is 15.7. The second kappa shape index (κ2) is 9.17. The number of aromatic nitrogens is 1. The van der Waals surface area contributed by atoms with Gasteiger partial charge in [0.15, 0.2) is 0 Å². The van der Waals surface area contributed by atoms with Gasteiger partial charge in [-0.2, -0.15) is 0 Å². The van der Waals surface area contributed by atoms with Gasteiger partial charge >= 0.3 is 0 Å². The predicted octanol–water partition coefficient (Wildman–Crippen LogP) is 6.00. The van der Waals surface area contributed by atoms with Gasteiger partial charge in [0.2, 0.25) is 0 Å². The van der Waals surface area contributed by atoms with Gasteiger partial charge in [0.05, 0.1) is 6.04 Å². The molecule has 35 heavy (non-hydrogen) atoms. The second-order valence-electron chi connectivity index (χ2n) is 10.7. The molecular weight excluding hydrogens is 451 g/mol. The standard InChI is InChI=1S/C28H34F3N3O/c1-5-10-33-14-19(15-33)35-18-12-22(29)25(23(30)13-18)27-26-21(20-8-6-7-9-24(20)32-26)11-17(2)34(27)16-28(3,4)31/h6-9,12-13,17,19,27,32H,5,10-11,14-16H2,1-4H3/t17-,27?/m1/s1. The van der Waals surface area contributed by atoms with Crippen LogP contribution in [0.1, 0.15) is 57.0 Å². The Morgan fingerprint density at radius 2 is 1.80 bits per heavy atom. The smallest absolute Gasteiger partial charge is 0.135 e. The van der Waals surface area contributed by atoms with Crippen LogP contribution in [0.15, 0.2) is 36.4 Å². The van der Waals surface area contributed by atoms with E-state index in [2.05, 4.69) is 16.8 Å². The Kier molecular flexibility index (Phi) is 6.34. The number of nitrogens with zero attached hydrogens (tertiary/aromatic N) is 2. The zero-order valence-electron chi connectivity index (χ0n) is 20.9. The predicted molar refractivity (Wildman–Crippen MR) is 133 cm³/mol. The zero-order valence-corrected chi connectivity index (χ0v) is 20.9. The average Bonchev–Trinajstić information content (AvgIpc) is 3.11. The minimum atomic E-state index is -1.53. The van der Waals surface area contributed by atoms with E-state index in [0.29, 0.717) is 6.42 Å². The number of hydrogen-bond acceptors (Lipinski definition) is 3. The third-order valence-corrected chi connectivity index (χ3v) is 7.17. The number of H-pyrrole nitrogens is 1. The number of benzene rings is 2. The summed E-state index contributed by atoms with van der Waals surface area (Å²) in [5.41, 5.74) is 1.09. The molecular formula is C28H34F3N3O. The Morgan fingerprint density at radius 1 is 1.11 bits per heavy atom. The quantitative estimate of drug-likeness (QED) is 0.445. The third kappa shape index (κ3) is 4.68. The number of para-hydroxylation sites is 1. The first-order valence-corrected chi connectivity index (χ1v) is 12.6. The van der Waals surface area contributed by atoms with Crippen LogP contribution in [0, 0.1) is 11.6 Å². The van der Waals surface area contributed by atoms with E-state index in [4.69, 9.17) is 4.74 Å². The van der Waals surface area contributed by atoms with E-state index >= 15 is 8.78 Å². The molecule has 0 spiro atoms. The molecule has 1 N–H and O–H groups in total. The molecule has 2 aromatic carbocycles. The number of rotatable bonds is 7. The van der Waals surface area contributed by atoms with E-state index in [9.17, 15) is 4.39 Å². The molecule has 2 aliphatic rings. The molecule has 0 aliphatic carbocycles. The number of hydrogen-bond donors (Lipinski definition) is 1. The van der Waals surface area contributed by atoms with Crippen LogP contribution in [0.4, 0.5) is 13.2 Å². The summed E-state index contributed by atoms with van der Waals surface area (Å²) in [6.07, 6.45) is 1.67. The van der Waals surface area contributed by atoms with Crippen LogP contribution in [0.3, 0.4) is 0 Å². The Labute approximate surface area is 205 Å². The number of ether oxygens (including phenoxy) is 1. The number of alkyl halides is 1. The summed E-state index contributed by atoms with van der Waals surface area (Å²) in [6, 6.07) is 9.56. The first-order valence-electron chi connectivity index (χ1n) is 12.6. The fourth-order valence-electron chi connectivity index (χ4n) is 5.68. The SMILES string of the molecule is CCCN1CC(Oc2cc(F)c(C3c4[nH]c5ccccc5c4C[C@@H](C)N3CC(C)(C)F)c(F)c2)C1. The van der Waals surface area contributed by atoms with Crippen molar-refractivity contribution in [3.8, 4) is 5.75 Å². The summed E-state index contributed by atoms with van der Waals surface area (Å²) in [5.74, 6) is -1.15. The van der Waals surface area contributed by atoms with Gasteiger partial charge in [-0.1, -0.05) is 25.1 Å². The van der Waals surface area contributed by atoms with Crippen molar-refractivity contribution < 1.29 is 17.9 Å². The lowest BCUT2D eigenvalue weighted by Gasteiger charge is -2.43. The van der Waals surface area contributed by atoms with Gasteiger partial charge in [-0.05, 0) is 51.8 Å². The summed E-state index contributed by atoms with van der Waals surface area (Å²) < 4.78 is 52.1. The van der Waals surface area contributed by atoms with Gasteiger partial charge in [0.1, 0.15) is 29.2 Å². The molecule has 0 radical (unpaired) electrons. The molecule has 1 saturated heterocycles. The van der Waals surface area contributed by atoms with E-state index in [1.807, 2.05) is 36.1 Å². The molecule has 0 bridgehead atoms. The normalized spacial score (nSPS) is 21.8. The minimum absolute atomic E-state index is 0.0557. The monoisotopic (exact) mass is 485 g/mol. The second-order valence-corrected chi connectivity index (χ2v) is 10.7. The maximum atomic E-state index is 15.7. The van der Waals surface area contributed by atoms with E-state index in [1.54, 1.807) is 0 Å². The number of aromatic amines is 1. The highest BCUT2D eigenvalue weighted by atomic mass is 19.1. The summed E-state index contributed by atoms with van der Waals surface area (Å²) in [7, 11) is 0. The molecule has 0 amide bonds. The van der Waals surface area contributed by atoms with Gasteiger partial charge in [-0.15, -0.1) is 0 Å². The van der Waals surface area contributed by atoms with E-state index in [1.165, 1.54) is 26.0 Å². The lowest BCUT2D eigenvalue weighted by atomic mass is 9.87. The molecule has 2 aliphatic heterocycles. The van der Waals surface area contributed by atoms with Crippen molar-refractivity contribution in [2.24, 2.45) is 0 Å². The van der Waals surface area contributed by atoms with Crippen molar-refractivity contribution in [2.45, 2.75) is 64.4 Å². The van der Waals surface area contributed by atoms with Crippen molar-refractivity contribution in [2.75, 3.05) is 26.2 Å². The molecule has 3 aromatic rings. The van der Waals surface area contributed by atoms with Gasteiger partial charge in [0, 0.05) is 60.0 Å². The summed E-state index contributed by atoms with van der Waals surface area (Å²) in [6.45, 7) is 9.69. The molecule has 3 heterocycles. The van der Waals surface area contributed by atoms with Crippen LogP contribution >= 0.6 is 0 Å². The summed E-state index contributed by atoms with van der Waals surface area (Å²) in [4.78, 5) is 7.54. The Morgan fingerprint density at radius 3 is 2.46 bits per heavy atom. The van der Waals surface area contributed by atoms with Crippen LogP contribution in [-0.4, -0.2) is 58.8 Å². The molecule has 2 atom stereocenters. The lowest BCUT2D eigenvalue weighted by Crippen LogP contribution is -2.53. The minimum Gasteiger partial charge on any atom is -0.488 e. The third-order valence-electron chi connectivity index (χ3n) is 7.17. The number of halogens is 3. The molecule has 4 nitrogen and oxygen atoms in total. The van der Waals surface area contributed by atoms with Crippen LogP contribution in [0.2, 0.25) is 0 Å². The molecule has 1 unspecified atom stereocenters. The average molecular weight is 486 g/mol. The number of nitrogens with one attached hydrogen (secondary N) is 1. The molecule has 1 fully saturated rings. The van der Waals surface area contributed by atoms with Crippen molar-refractivity contribution in [3.05, 3.63) is 64.9 Å². The fourth-order valence-corrected chi connectivity index (χ4v) is 5.68. The Balaban J connectivity index is 1.54. The van der Waals surface area contributed by atoms with E-state index < -0.39 is 23.3 Å². The molecule has 7 heteroatoms. The molecule has 5 rings (SSSR count). The van der Waals surface area contributed by atoms with Gasteiger partial charge in [0.25, 0.3) is 0 Å². The Bertz CT molecular complexity index is 1190.